The number of nitrogens with zero attached hydrogens (tertiary/aromatic N) is 2. The molecule has 3 saturated heterocycles. The van der Waals surface area contributed by atoms with Gasteiger partial charge in [0.05, 0.1) is 37.8 Å². The Bertz CT molecular complexity index is 2260. The van der Waals surface area contributed by atoms with Gasteiger partial charge in [-0.1, -0.05) is 117 Å². The monoisotopic (exact) mass is 870 g/mol. The van der Waals surface area contributed by atoms with Crippen LogP contribution in [0.15, 0.2) is 103 Å². The molecule has 12 nitrogen and oxygen atoms in total. The highest BCUT2D eigenvalue weighted by Crippen LogP contribution is 2.45. The minimum atomic E-state index is -0.990. The summed E-state index contributed by atoms with van der Waals surface area (Å²) in [6, 6.07) is 32.1. The number of ether oxygens (including phenoxy) is 3. The molecule has 64 heavy (non-hydrogen) atoms. The van der Waals surface area contributed by atoms with Crippen molar-refractivity contribution in [2.24, 2.45) is 11.8 Å². The molecule has 1 unspecified atom stereocenters. The van der Waals surface area contributed by atoms with Crippen LogP contribution in [0, 0.1) is 11.8 Å². The number of hydrogen-bond donors (Lipinski definition) is 3. The Balaban J connectivity index is 0.979. The summed E-state index contributed by atoms with van der Waals surface area (Å²) in [6.45, 7) is 8.98. The molecule has 4 fully saturated rings. The SMILES string of the molecule is C[C@@H]1[C@H](CN2[C@@H](C(=O)NC(C)(C)C)CC[C@H]3CCCC[C@H]32)O[C@H](c2ccc(-c3cccc(CN4C(=O)CC(NC(=O)OCc5ccccc5)C4=O)c3)cc2)O[C@@H]1c1ccc(CO)cc1. The van der Waals surface area contributed by atoms with Gasteiger partial charge in [0.2, 0.25) is 11.8 Å². The van der Waals surface area contributed by atoms with Gasteiger partial charge in [-0.2, -0.15) is 0 Å². The van der Waals surface area contributed by atoms with Gasteiger partial charge in [-0.15, -0.1) is 0 Å². The molecule has 1 aliphatic carbocycles. The second kappa shape index (κ2) is 19.8. The van der Waals surface area contributed by atoms with E-state index in [1.807, 2.05) is 124 Å². The first kappa shape index (κ1) is 45.2. The van der Waals surface area contributed by atoms with Gasteiger partial charge in [-0.05, 0) is 91.8 Å². The van der Waals surface area contributed by atoms with Gasteiger partial charge >= 0.3 is 6.09 Å². The molecule has 8 rings (SSSR count). The standard InChI is InChI=1S/C52H62N4O8/c1-33-45(30-55-43-16-9-8-14-38(43)25-26-44(55)48(59)54-52(2,3)4)63-50(64-47(33)39-19-17-34(31-57)18-20-39)40-23-21-37(22-24-40)41-15-10-13-36(27-41)29-56-46(58)28-42(49(56)60)53-51(61)62-32-35-11-6-5-7-12-35/h5-7,10-13,15,17-24,27,33,38,42-45,47,50,57H,8-9,14,16,25-26,28-32H2,1-4H3,(H,53,61)(H,54,59)/t33-,38-,42?,43-,44-,45+,47+,50+/m1/s1. The van der Waals surface area contributed by atoms with Gasteiger partial charge in [0, 0.05) is 29.6 Å². The minimum Gasteiger partial charge on any atom is -0.445 e. The van der Waals surface area contributed by atoms with Crippen molar-refractivity contribution in [3.05, 3.63) is 131 Å². The summed E-state index contributed by atoms with van der Waals surface area (Å²) >= 11 is 0. The lowest BCUT2D eigenvalue weighted by molar-refractivity contribution is -0.278. The van der Waals surface area contributed by atoms with E-state index in [9.17, 15) is 24.3 Å². The van der Waals surface area contributed by atoms with Crippen LogP contribution >= 0.6 is 0 Å². The van der Waals surface area contributed by atoms with Crippen LogP contribution in [0.5, 0.6) is 0 Å². The maximum atomic E-state index is 14.0. The molecule has 4 aliphatic rings. The van der Waals surface area contributed by atoms with Gasteiger partial charge in [0.25, 0.3) is 5.91 Å². The number of likely N-dealkylation sites (tertiary alicyclic amines) is 2. The van der Waals surface area contributed by atoms with Crippen molar-refractivity contribution >= 4 is 23.8 Å². The highest BCUT2D eigenvalue weighted by molar-refractivity contribution is 6.06. The van der Waals surface area contributed by atoms with Crippen molar-refractivity contribution in [3.8, 4) is 11.1 Å². The number of carbonyl (C=O) groups is 4. The van der Waals surface area contributed by atoms with E-state index in [1.54, 1.807) is 0 Å². The van der Waals surface area contributed by atoms with Crippen molar-refractivity contribution in [2.75, 3.05) is 6.54 Å². The Labute approximate surface area is 376 Å². The van der Waals surface area contributed by atoms with Crippen LogP contribution in [0.4, 0.5) is 4.79 Å². The minimum absolute atomic E-state index is 0.0394. The van der Waals surface area contributed by atoms with Crippen LogP contribution in [-0.2, 0) is 48.4 Å². The summed E-state index contributed by atoms with van der Waals surface area (Å²) in [6.07, 6.45) is 4.45. The molecule has 8 atom stereocenters. The zero-order valence-corrected chi connectivity index (χ0v) is 37.4. The number of piperidine rings is 1. The normalized spacial score (nSPS) is 26.3. The first-order valence-corrected chi connectivity index (χ1v) is 22.9. The van der Waals surface area contributed by atoms with Crippen molar-refractivity contribution in [2.45, 2.75) is 135 Å². The first-order valence-electron chi connectivity index (χ1n) is 22.9. The van der Waals surface area contributed by atoms with Gasteiger partial charge in [-0.25, -0.2) is 4.79 Å². The number of amides is 4. The molecule has 4 aromatic rings. The average Bonchev–Trinajstić information content (AvgIpc) is 3.55. The Morgan fingerprint density at radius 2 is 1.52 bits per heavy atom. The Morgan fingerprint density at radius 3 is 2.25 bits per heavy atom. The predicted octanol–water partition coefficient (Wildman–Crippen LogP) is 8.13. The molecule has 3 heterocycles. The van der Waals surface area contributed by atoms with Crippen LogP contribution in [0.2, 0.25) is 0 Å². The zero-order chi connectivity index (χ0) is 45.0. The van der Waals surface area contributed by atoms with E-state index in [0.717, 1.165) is 64.6 Å². The second-order valence-corrected chi connectivity index (χ2v) is 19.1. The Hall–Kier alpha value is -5.40. The van der Waals surface area contributed by atoms with Crippen LogP contribution in [0.25, 0.3) is 11.1 Å². The molecule has 4 aromatic carbocycles. The van der Waals surface area contributed by atoms with Crippen LogP contribution in [0.1, 0.15) is 113 Å². The van der Waals surface area contributed by atoms with Crippen LogP contribution in [-0.4, -0.2) is 75.0 Å². The summed E-state index contributed by atoms with van der Waals surface area (Å²) in [4.78, 5) is 56.4. The van der Waals surface area contributed by atoms with Crippen molar-refractivity contribution in [1.29, 1.82) is 0 Å². The summed E-state index contributed by atoms with van der Waals surface area (Å²) in [5.41, 5.74) is 5.79. The first-order chi connectivity index (χ1) is 30.8. The third kappa shape index (κ3) is 10.6. The van der Waals surface area contributed by atoms with Gasteiger partial charge in [-0.3, -0.25) is 24.2 Å². The predicted molar refractivity (Wildman–Crippen MR) is 242 cm³/mol. The zero-order valence-electron chi connectivity index (χ0n) is 37.4. The molecule has 0 aromatic heterocycles. The van der Waals surface area contributed by atoms with E-state index < -0.39 is 24.3 Å². The van der Waals surface area contributed by atoms with Crippen LogP contribution in [0.3, 0.4) is 0 Å². The maximum Gasteiger partial charge on any atom is 0.408 e. The van der Waals surface area contributed by atoms with E-state index in [2.05, 4.69) is 22.5 Å². The summed E-state index contributed by atoms with van der Waals surface area (Å²) < 4.78 is 19.1. The van der Waals surface area contributed by atoms with E-state index in [4.69, 9.17) is 14.2 Å². The van der Waals surface area contributed by atoms with E-state index in [-0.39, 0.29) is 67.7 Å². The number of alkyl carbamates (subject to hydrolysis) is 1. The maximum absolute atomic E-state index is 14.0. The number of carbonyl (C=O) groups excluding carboxylic acids is 4. The highest BCUT2D eigenvalue weighted by atomic mass is 16.7. The van der Waals surface area contributed by atoms with Crippen molar-refractivity contribution in [3.63, 3.8) is 0 Å². The van der Waals surface area contributed by atoms with Crippen molar-refractivity contribution in [1.82, 2.24) is 20.4 Å². The van der Waals surface area contributed by atoms with E-state index >= 15 is 0 Å². The molecular weight excluding hydrogens is 809 g/mol. The van der Waals surface area contributed by atoms with E-state index in [1.165, 1.54) is 17.7 Å². The lowest BCUT2D eigenvalue weighted by Crippen LogP contribution is -2.61. The van der Waals surface area contributed by atoms with Crippen molar-refractivity contribution < 1.29 is 38.5 Å². The smallest absolute Gasteiger partial charge is 0.408 e. The fourth-order valence-corrected chi connectivity index (χ4v) is 10.00. The molecular formula is C52H62N4O8. The number of aliphatic hydroxyl groups is 1. The summed E-state index contributed by atoms with van der Waals surface area (Å²) in [7, 11) is 0. The number of nitrogens with one attached hydrogen (secondary N) is 2. The lowest BCUT2D eigenvalue weighted by Gasteiger charge is -2.51. The molecule has 12 heteroatoms. The Kier molecular flexibility index (Phi) is 14.0. The Morgan fingerprint density at radius 1 is 0.797 bits per heavy atom. The summed E-state index contributed by atoms with van der Waals surface area (Å²) in [5, 5.41) is 15.6. The molecule has 0 bridgehead atoms. The highest BCUT2D eigenvalue weighted by Gasteiger charge is 2.46. The molecule has 338 valence electrons. The molecule has 1 saturated carbocycles. The second-order valence-electron chi connectivity index (χ2n) is 19.1. The van der Waals surface area contributed by atoms with Gasteiger partial charge < -0.3 is 30.0 Å². The quantitative estimate of drug-likeness (QED) is 0.120. The third-order valence-electron chi connectivity index (χ3n) is 13.4. The number of rotatable bonds is 12. The lowest BCUT2D eigenvalue weighted by atomic mass is 9.75. The van der Waals surface area contributed by atoms with Crippen LogP contribution < -0.4 is 10.6 Å². The number of benzene rings is 4. The fraction of sp³-hybridized carbons (Fsp3) is 0.462. The number of aliphatic hydroxyl groups excluding tert-OH is 1. The number of imide groups is 1. The third-order valence-corrected chi connectivity index (χ3v) is 13.4. The summed E-state index contributed by atoms with van der Waals surface area (Å²) in [5.74, 6) is -0.222. The fourth-order valence-electron chi connectivity index (χ4n) is 10.00. The molecule has 4 amide bonds. The molecule has 0 radical (unpaired) electrons. The topological polar surface area (TPSA) is 147 Å². The van der Waals surface area contributed by atoms with Gasteiger partial charge in [0.1, 0.15) is 12.6 Å². The van der Waals surface area contributed by atoms with E-state index in [0.29, 0.717) is 18.5 Å². The largest absolute Gasteiger partial charge is 0.445 e. The molecule has 0 spiro atoms. The molecule has 3 N–H and O–H groups in total. The average molecular weight is 871 g/mol. The van der Waals surface area contributed by atoms with Gasteiger partial charge in [0.15, 0.2) is 6.29 Å². The number of fused-ring (bicyclic) bond motifs is 1. The molecule has 3 aliphatic heterocycles. The number of hydrogen-bond acceptors (Lipinski definition) is 9.